The molecule has 1 aromatic carbocycles. The highest BCUT2D eigenvalue weighted by Crippen LogP contribution is 2.25. The molecular weight excluding hydrogens is 246 g/mol. The fourth-order valence-corrected chi connectivity index (χ4v) is 1.47. The first kappa shape index (κ1) is 10.5. The molecule has 0 aliphatic carbocycles. The van der Waals surface area contributed by atoms with Gasteiger partial charge in [0, 0.05) is 11.5 Å². The maximum Gasteiger partial charge on any atom is 0.253 e. The van der Waals surface area contributed by atoms with Crippen LogP contribution in [0.5, 0.6) is 0 Å². The molecule has 0 bridgehead atoms. The zero-order valence-corrected chi connectivity index (χ0v) is 9.05. The van der Waals surface area contributed by atoms with Gasteiger partial charge in [-0.2, -0.15) is 5.26 Å². The summed E-state index contributed by atoms with van der Waals surface area (Å²) in [6.07, 6.45) is 0. The lowest BCUT2D eigenvalue weighted by Gasteiger charge is -2.06. The largest absolute Gasteiger partial charge is 0.397 e. The Kier molecular flexibility index (Phi) is 3.10. The van der Waals surface area contributed by atoms with E-state index in [0.717, 1.165) is 0 Å². The van der Waals surface area contributed by atoms with Gasteiger partial charge in [-0.15, -0.1) is 0 Å². The number of benzene rings is 1. The Morgan fingerprint density at radius 1 is 1.64 bits per heavy atom. The van der Waals surface area contributed by atoms with Crippen LogP contribution in [0.2, 0.25) is 0 Å². The van der Waals surface area contributed by atoms with Crippen LogP contribution in [0, 0.1) is 11.3 Å². The second-order valence-electron chi connectivity index (χ2n) is 2.61. The summed E-state index contributed by atoms with van der Waals surface area (Å²) >= 11 is 3.18. The number of carbonyl (C=O) groups excluding carboxylic acids is 1. The van der Waals surface area contributed by atoms with Gasteiger partial charge in [0.2, 0.25) is 0 Å². The predicted octanol–water partition coefficient (Wildman–Crippen LogP) is 1.26. The van der Waals surface area contributed by atoms with Crippen LogP contribution in [0.1, 0.15) is 15.9 Å². The molecule has 72 valence electrons. The summed E-state index contributed by atoms with van der Waals surface area (Å²) in [7, 11) is 1.51. The normalized spacial score (nSPS) is 9.21. The Labute approximate surface area is 89.8 Å². The van der Waals surface area contributed by atoms with Crippen molar-refractivity contribution in [1.29, 1.82) is 5.26 Å². The highest BCUT2D eigenvalue weighted by atomic mass is 79.9. The lowest BCUT2D eigenvalue weighted by Crippen LogP contribution is -2.19. The Morgan fingerprint density at radius 2 is 2.29 bits per heavy atom. The Morgan fingerprint density at radius 3 is 2.79 bits per heavy atom. The number of anilines is 1. The van der Waals surface area contributed by atoms with Crippen LogP contribution in [0.3, 0.4) is 0 Å². The first-order valence-corrected chi connectivity index (χ1v) is 4.60. The van der Waals surface area contributed by atoms with Gasteiger partial charge in [0.25, 0.3) is 5.91 Å². The van der Waals surface area contributed by atoms with Gasteiger partial charge < -0.3 is 11.1 Å². The van der Waals surface area contributed by atoms with E-state index < -0.39 is 0 Å². The number of nitrogens with one attached hydrogen (secondary N) is 1. The summed E-state index contributed by atoms with van der Waals surface area (Å²) in [5, 5.41) is 11.1. The van der Waals surface area contributed by atoms with Crippen molar-refractivity contribution in [3.63, 3.8) is 0 Å². The summed E-state index contributed by atoms with van der Waals surface area (Å²) in [6, 6.07) is 4.98. The van der Waals surface area contributed by atoms with Crippen molar-refractivity contribution in [2.24, 2.45) is 0 Å². The minimum atomic E-state index is -0.305. The molecule has 0 saturated carbocycles. The van der Waals surface area contributed by atoms with Gasteiger partial charge in [-0.1, -0.05) is 0 Å². The molecule has 0 fully saturated rings. The van der Waals surface area contributed by atoms with E-state index >= 15 is 0 Å². The Balaban J connectivity index is 3.36. The SMILES string of the molecule is CNC(=O)c1cc(C#N)cc(Br)c1N. The number of amides is 1. The first-order valence-electron chi connectivity index (χ1n) is 3.81. The molecule has 1 aromatic rings. The van der Waals surface area contributed by atoms with Crippen molar-refractivity contribution in [1.82, 2.24) is 5.32 Å². The van der Waals surface area contributed by atoms with Crippen molar-refractivity contribution >= 4 is 27.5 Å². The molecule has 4 nitrogen and oxygen atoms in total. The summed E-state index contributed by atoms with van der Waals surface area (Å²) in [4.78, 5) is 11.3. The van der Waals surface area contributed by atoms with Gasteiger partial charge in [-0.25, -0.2) is 0 Å². The van der Waals surface area contributed by atoms with Crippen molar-refractivity contribution in [3.8, 4) is 6.07 Å². The number of halogens is 1. The number of nitrogens with two attached hydrogens (primary N) is 1. The molecule has 0 aliphatic heterocycles. The van der Waals surface area contributed by atoms with Crippen LogP contribution in [0.25, 0.3) is 0 Å². The summed E-state index contributed by atoms with van der Waals surface area (Å²) in [6.45, 7) is 0. The van der Waals surface area contributed by atoms with Crippen molar-refractivity contribution in [2.75, 3.05) is 12.8 Å². The first-order chi connectivity index (χ1) is 6.60. The Bertz CT molecular complexity index is 423. The van der Waals surface area contributed by atoms with Crippen LogP contribution >= 0.6 is 15.9 Å². The van der Waals surface area contributed by atoms with E-state index in [0.29, 0.717) is 21.3 Å². The quantitative estimate of drug-likeness (QED) is 0.740. The standard InChI is InChI=1S/C9H8BrN3O/c1-13-9(14)6-2-5(4-11)3-7(10)8(6)12/h2-3H,12H2,1H3,(H,13,14). The number of nitrogens with zero attached hydrogens (tertiary/aromatic N) is 1. The lowest BCUT2D eigenvalue weighted by molar-refractivity contribution is 0.0964. The predicted molar refractivity (Wildman–Crippen MR) is 56.7 cm³/mol. The van der Waals surface area contributed by atoms with E-state index in [9.17, 15) is 4.79 Å². The molecule has 0 aromatic heterocycles. The van der Waals surface area contributed by atoms with Crippen molar-refractivity contribution < 1.29 is 4.79 Å². The average molecular weight is 254 g/mol. The smallest absolute Gasteiger partial charge is 0.253 e. The van der Waals surface area contributed by atoms with Crippen LogP contribution in [0.15, 0.2) is 16.6 Å². The highest BCUT2D eigenvalue weighted by molar-refractivity contribution is 9.10. The van der Waals surface area contributed by atoms with Crippen molar-refractivity contribution in [3.05, 3.63) is 27.7 Å². The van der Waals surface area contributed by atoms with E-state index in [1.54, 1.807) is 6.07 Å². The van der Waals surface area contributed by atoms with Gasteiger partial charge in [0.15, 0.2) is 0 Å². The minimum Gasteiger partial charge on any atom is -0.397 e. The lowest BCUT2D eigenvalue weighted by atomic mass is 10.1. The highest BCUT2D eigenvalue weighted by Gasteiger charge is 2.11. The molecule has 0 radical (unpaired) electrons. The van der Waals surface area contributed by atoms with Gasteiger partial charge in [-0.3, -0.25) is 4.79 Å². The van der Waals surface area contributed by atoms with E-state index in [2.05, 4.69) is 21.2 Å². The minimum absolute atomic E-state index is 0.304. The summed E-state index contributed by atoms with van der Waals surface area (Å²) in [5.74, 6) is -0.305. The van der Waals surface area contributed by atoms with Crippen molar-refractivity contribution in [2.45, 2.75) is 0 Å². The molecule has 1 amide bonds. The molecule has 5 heteroatoms. The van der Waals surface area contributed by atoms with Gasteiger partial charge in [-0.05, 0) is 28.1 Å². The number of nitrogen functional groups attached to an aromatic ring is 1. The Hall–Kier alpha value is -1.54. The van der Waals surface area contributed by atoms with E-state index in [4.69, 9.17) is 11.0 Å². The number of hydrogen-bond acceptors (Lipinski definition) is 3. The topological polar surface area (TPSA) is 78.9 Å². The zero-order valence-electron chi connectivity index (χ0n) is 7.47. The maximum atomic E-state index is 11.3. The maximum absolute atomic E-state index is 11.3. The molecule has 14 heavy (non-hydrogen) atoms. The van der Waals surface area contributed by atoms with Crippen LogP contribution in [0.4, 0.5) is 5.69 Å². The summed E-state index contributed by atoms with van der Waals surface area (Å²) < 4.78 is 0.551. The molecule has 3 N–H and O–H groups in total. The third kappa shape index (κ3) is 1.86. The number of rotatable bonds is 1. The van der Waals surface area contributed by atoms with E-state index in [1.807, 2.05) is 6.07 Å². The molecule has 0 unspecified atom stereocenters. The van der Waals surface area contributed by atoms with Gasteiger partial charge in [0.1, 0.15) is 0 Å². The van der Waals surface area contributed by atoms with Gasteiger partial charge in [0.05, 0.1) is 22.9 Å². The fourth-order valence-electron chi connectivity index (χ4n) is 1.00. The molecule has 0 spiro atoms. The van der Waals surface area contributed by atoms with Crippen LogP contribution in [-0.2, 0) is 0 Å². The third-order valence-corrected chi connectivity index (χ3v) is 2.39. The molecular formula is C9H8BrN3O. The third-order valence-electron chi connectivity index (χ3n) is 1.73. The van der Waals surface area contributed by atoms with Crippen LogP contribution < -0.4 is 11.1 Å². The van der Waals surface area contributed by atoms with Gasteiger partial charge >= 0.3 is 0 Å². The molecule has 0 aliphatic rings. The zero-order chi connectivity index (χ0) is 10.7. The molecule has 0 saturated heterocycles. The average Bonchev–Trinajstić information content (AvgIpc) is 2.20. The second kappa shape index (κ2) is 4.11. The second-order valence-corrected chi connectivity index (χ2v) is 3.46. The number of hydrogen-bond donors (Lipinski definition) is 2. The summed E-state index contributed by atoms with van der Waals surface area (Å²) in [5.41, 5.74) is 6.70. The fraction of sp³-hybridized carbons (Fsp3) is 0.111. The molecule has 1 rings (SSSR count). The molecule has 0 heterocycles. The van der Waals surface area contributed by atoms with E-state index in [1.165, 1.54) is 13.1 Å². The number of carbonyl (C=O) groups is 1. The number of nitriles is 1. The van der Waals surface area contributed by atoms with E-state index in [-0.39, 0.29) is 5.91 Å². The molecule has 0 atom stereocenters. The van der Waals surface area contributed by atoms with Crippen LogP contribution in [-0.4, -0.2) is 13.0 Å². The monoisotopic (exact) mass is 253 g/mol.